The van der Waals surface area contributed by atoms with Gasteiger partial charge in [0.15, 0.2) is 0 Å². The van der Waals surface area contributed by atoms with Crippen LogP contribution >= 0.6 is 0 Å². The molecular formula is C26H31N3O6. The van der Waals surface area contributed by atoms with Crippen molar-refractivity contribution in [1.82, 2.24) is 9.80 Å². The number of carbonyl (C=O) groups excluding carboxylic acids is 3. The number of likely N-dealkylation sites (tertiary alicyclic amines) is 1. The number of aliphatic hydroxyl groups excluding tert-OH is 1. The molecule has 4 aliphatic heterocycles. The molecule has 1 spiro atoms. The molecule has 5 rings (SSSR count). The largest absolute Gasteiger partial charge is 0.497 e. The summed E-state index contributed by atoms with van der Waals surface area (Å²) < 4.78 is 11.8. The van der Waals surface area contributed by atoms with Crippen LogP contribution in [0.3, 0.4) is 0 Å². The summed E-state index contributed by atoms with van der Waals surface area (Å²) in [7, 11) is 3.30. The van der Waals surface area contributed by atoms with Gasteiger partial charge in [-0.05, 0) is 37.1 Å². The number of methoxy groups -OCH3 is 1. The standard InChI is InChI=1S/C26H31N3O6/c1-27-13-5-7-19-20(23(27)31)21-24(32)29(14-3-4-16-30)22-25(33)28(15-6-12-26(21,22)35-19)17-8-10-18(34-2)11-9-17/h5-12,19-22,30H,3-4,13-16H2,1-2H3/t19-,20+,21+,22?,26+/m1/s1. The Labute approximate surface area is 204 Å². The Balaban J connectivity index is 1.57. The second kappa shape index (κ2) is 9.13. The first-order valence-corrected chi connectivity index (χ1v) is 12.1. The van der Waals surface area contributed by atoms with E-state index < -0.39 is 29.6 Å². The molecule has 9 heteroatoms. The quantitative estimate of drug-likeness (QED) is 0.480. The first-order chi connectivity index (χ1) is 16.9. The molecule has 2 fully saturated rings. The summed E-state index contributed by atoms with van der Waals surface area (Å²) in [6.45, 7) is 1.07. The van der Waals surface area contributed by atoms with Crippen molar-refractivity contribution in [3.05, 3.63) is 48.6 Å². The van der Waals surface area contributed by atoms with Gasteiger partial charge < -0.3 is 29.3 Å². The van der Waals surface area contributed by atoms with Crippen LogP contribution in [0.1, 0.15) is 12.8 Å². The predicted molar refractivity (Wildman–Crippen MR) is 128 cm³/mol. The Bertz CT molecular complexity index is 1070. The van der Waals surface area contributed by atoms with Crippen molar-refractivity contribution in [3.8, 4) is 5.75 Å². The summed E-state index contributed by atoms with van der Waals surface area (Å²) in [6.07, 6.45) is 7.91. The number of unbranched alkanes of at least 4 members (excludes halogenated alkanes) is 1. The molecule has 1 aromatic rings. The zero-order chi connectivity index (χ0) is 24.7. The van der Waals surface area contributed by atoms with Crippen molar-refractivity contribution in [2.45, 2.75) is 30.6 Å². The van der Waals surface area contributed by atoms with E-state index in [9.17, 15) is 19.5 Å². The maximum Gasteiger partial charge on any atom is 0.253 e. The lowest BCUT2D eigenvalue weighted by Gasteiger charge is -2.35. The molecule has 1 N–H and O–H groups in total. The monoisotopic (exact) mass is 481 g/mol. The van der Waals surface area contributed by atoms with E-state index in [2.05, 4.69) is 0 Å². The maximum absolute atomic E-state index is 14.1. The fourth-order valence-electron chi connectivity index (χ4n) is 5.89. The van der Waals surface area contributed by atoms with Gasteiger partial charge in [-0.1, -0.05) is 24.3 Å². The Hall–Kier alpha value is -3.17. The van der Waals surface area contributed by atoms with Gasteiger partial charge in [0.1, 0.15) is 17.4 Å². The molecule has 2 saturated heterocycles. The van der Waals surface area contributed by atoms with Crippen LogP contribution in [-0.2, 0) is 19.1 Å². The summed E-state index contributed by atoms with van der Waals surface area (Å²) in [6, 6.07) is 6.30. The lowest BCUT2D eigenvalue weighted by atomic mass is 9.77. The van der Waals surface area contributed by atoms with E-state index in [4.69, 9.17) is 9.47 Å². The Kier molecular flexibility index (Phi) is 6.14. The average Bonchev–Trinajstić information content (AvgIpc) is 3.18. The number of aliphatic hydroxyl groups is 1. The molecule has 1 aromatic carbocycles. The second-order valence-corrected chi connectivity index (χ2v) is 9.50. The van der Waals surface area contributed by atoms with Crippen molar-refractivity contribution in [1.29, 1.82) is 0 Å². The molecule has 0 radical (unpaired) electrons. The van der Waals surface area contributed by atoms with E-state index in [1.165, 1.54) is 0 Å². The van der Waals surface area contributed by atoms with E-state index in [-0.39, 0.29) is 24.3 Å². The Morgan fingerprint density at radius 1 is 1.06 bits per heavy atom. The number of hydrogen-bond donors (Lipinski definition) is 1. The number of hydrogen-bond acceptors (Lipinski definition) is 6. The number of carbonyl (C=O) groups is 3. The van der Waals surface area contributed by atoms with E-state index in [1.807, 2.05) is 36.4 Å². The molecule has 186 valence electrons. The smallest absolute Gasteiger partial charge is 0.253 e. The molecule has 0 saturated carbocycles. The number of amides is 3. The molecule has 9 nitrogen and oxygen atoms in total. The molecule has 3 amide bonds. The van der Waals surface area contributed by atoms with Crippen LogP contribution in [0.4, 0.5) is 5.69 Å². The zero-order valence-corrected chi connectivity index (χ0v) is 20.0. The Morgan fingerprint density at radius 2 is 1.83 bits per heavy atom. The number of benzene rings is 1. The number of fused-ring (bicyclic) bond motifs is 2. The summed E-state index contributed by atoms with van der Waals surface area (Å²) in [5, 5.41) is 9.30. The number of rotatable bonds is 6. The minimum atomic E-state index is -1.23. The molecule has 0 bridgehead atoms. The summed E-state index contributed by atoms with van der Waals surface area (Å²) in [5.74, 6) is -1.45. The number of anilines is 1. The molecule has 0 aromatic heterocycles. The number of ether oxygens (including phenoxy) is 2. The Morgan fingerprint density at radius 3 is 2.54 bits per heavy atom. The molecule has 35 heavy (non-hydrogen) atoms. The lowest BCUT2D eigenvalue weighted by Crippen LogP contribution is -2.55. The van der Waals surface area contributed by atoms with Gasteiger partial charge in [0, 0.05) is 39.0 Å². The average molecular weight is 482 g/mol. The van der Waals surface area contributed by atoms with Crippen molar-refractivity contribution < 1.29 is 29.0 Å². The van der Waals surface area contributed by atoms with Gasteiger partial charge >= 0.3 is 0 Å². The fraction of sp³-hybridized carbons (Fsp3) is 0.500. The maximum atomic E-state index is 14.1. The van der Waals surface area contributed by atoms with Crippen molar-refractivity contribution in [2.75, 3.05) is 45.3 Å². The predicted octanol–water partition coefficient (Wildman–Crippen LogP) is 0.980. The highest BCUT2D eigenvalue weighted by molar-refractivity contribution is 6.05. The minimum absolute atomic E-state index is 0.00235. The van der Waals surface area contributed by atoms with Gasteiger partial charge in [-0.15, -0.1) is 0 Å². The van der Waals surface area contributed by atoms with E-state index in [0.717, 1.165) is 0 Å². The molecule has 5 atom stereocenters. The molecule has 1 unspecified atom stereocenters. The van der Waals surface area contributed by atoms with Crippen LogP contribution in [0.15, 0.2) is 48.6 Å². The zero-order valence-electron chi connectivity index (χ0n) is 20.0. The third-order valence-corrected chi connectivity index (χ3v) is 7.55. The van der Waals surface area contributed by atoms with Crippen LogP contribution in [-0.4, -0.2) is 90.8 Å². The van der Waals surface area contributed by atoms with Gasteiger partial charge in [0.05, 0.1) is 25.0 Å². The van der Waals surface area contributed by atoms with Crippen molar-refractivity contribution in [3.63, 3.8) is 0 Å². The SMILES string of the molecule is COc1ccc(N2CC=C[C@]34O[C@@H]5C=CCN(C)C(=O)[C@@H]5[C@H]3C(=O)N(CCCCO)C4C2=O)cc1. The third kappa shape index (κ3) is 3.65. The normalized spacial score (nSPS) is 31.9. The summed E-state index contributed by atoms with van der Waals surface area (Å²) in [5.41, 5.74) is -0.547. The van der Waals surface area contributed by atoms with Crippen LogP contribution in [0.25, 0.3) is 0 Å². The first kappa shape index (κ1) is 23.6. The van der Waals surface area contributed by atoms with Gasteiger partial charge in [-0.3, -0.25) is 14.4 Å². The van der Waals surface area contributed by atoms with Gasteiger partial charge in [0.25, 0.3) is 5.91 Å². The second-order valence-electron chi connectivity index (χ2n) is 9.50. The highest BCUT2D eigenvalue weighted by atomic mass is 16.5. The van der Waals surface area contributed by atoms with Crippen molar-refractivity contribution >= 4 is 23.4 Å². The van der Waals surface area contributed by atoms with E-state index in [1.54, 1.807) is 41.0 Å². The molecule has 4 aliphatic rings. The van der Waals surface area contributed by atoms with Gasteiger partial charge in [-0.2, -0.15) is 0 Å². The van der Waals surface area contributed by atoms with Crippen LogP contribution < -0.4 is 9.64 Å². The van der Waals surface area contributed by atoms with Gasteiger partial charge in [0.2, 0.25) is 11.8 Å². The fourth-order valence-corrected chi connectivity index (χ4v) is 5.89. The molecular weight excluding hydrogens is 450 g/mol. The number of likely N-dealkylation sites (N-methyl/N-ethyl adjacent to an activating group) is 1. The van der Waals surface area contributed by atoms with E-state index in [0.29, 0.717) is 43.9 Å². The topological polar surface area (TPSA) is 99.6 Å². The van der Waals surface area contributed by atoms with Crippen LogP contribution in [0, 0.1) is 11.8 Å². The van der Waals surface area contributed by atoms with Crippen LogP contribution in [0.2, 0.25) is 0 Å². The highest BCUT2D eigenvalue weighted by Crippen LogP contribution is 2.53. The lowest BCUT2D eigenvalue weighted by molar-refractivity contribution is -0.143. The van der Waals surface area contributed by atoms with E-state index >= 15 is 0 Å². The minimum Gasteiger partial charge on any atom is -0.497 e. The molecule has 4 heterocycles. The molecule has 0 aliphatic carbocycles. The third-order valence-electron chi connectivity index (χ3n) is 7.55. The summed E-state index contributed by atoms with van der Waals surface area (Å²) >= 11 is 0. The van der Waals surface area contributed by atoms with Gasteiger partial charge in [-0.25, -0.2) is 0 Å². The van der Waals surface area contributed by atoms with Crippen molar-refractivity contribution in [2.24, 2.45) is 11.8 Å². The first-order valence-electron chi connectivity index (χ1n) is 12.1. The summed E-state index contributed by atoms with van der Waals surface area (Å²) in [4.78, 5) is 46.2. The van der Waals surface area contributed by atoms with Crippen LogP contribution in [0.5, 0.6) is 5.75 Å². The number of nitrogens with zero attached hydrogens (tertiary/aromatic N) is 3. The highest BCUT2D eigenvalue weighted by Gasteiger charge is 2.71.